The Kier molecular flexibility index (Phi) is 9.23. The van der Waals surface area contributed by atoms with Gasteiger partial charge in [0.25, 0.3) is 0 Å². The number of nitrogens with one attached hydrogen (secondary N) is 1. The van der Waals surface area contributed by atoms with Crippen LogP contribution in [0.2, 0.25) is 5.02 Å². The van der Waals surface area contributed by atoms with E-state index in [1.165, 1.54) is 42.7 Å². The number of hydrogen-bond acceptors (Lipinski definition) is 10. The van der Waals surface area contributed by atoms with Crippen LogP contribution in [0.15, 0.2) is 94.6 Å². The quantitative estimate of drug-likeness (QED) is 0.213. The van der Waals surface area contributed by atoms with Gasteiger partial charge < -0.3 is 24.8 Å². The number of rotatable bonds is 9. The molecular formula is C35H30ClFN6O6S. The van der Waals surface area contributed by atoms with Crippen molar-refractivity contribution >= 4 is 52.4 Å². The van der Waals surface area contributed by atoms with Crippen molar-refractivity contribution in [2.75, 3.05) is 44.7 Å². The molecule has 0 unspecified atom stereocenters. The molecule has 0 bridgehead atoms. The van der Waals surface area contributed by atoms with E-state index in [0.717, 1.165) is 0 Å². The van der Waals surface area contributed by atoms with Crippen LogP contribution in [0, 0.1) is 5.82 Å². The summed E-state index contributed by atoms with van der Waals surface area (Å²) >= 11 is 7.87. The number of halogens is 2. The summed E-state index contributed by atoms with van der Waals surface area (Å²) in [6.07, 6.45) is 1.66. The molecule has 0 aliphatic carbocycles. The average molecular weight is 717 g/mol. The van der Waals surface area contributed by atoms with Crippen molar-refractivity contribution in [1.82, 2.24) is 20.1 Å². The number of methoxy groups -OCH3 is 1. The minimum atomic E-state index is -1.09. The molecule has 3 aromatic carbocycles. The number of ether oxygens (including phenoxy) is 2. The van der Waals surface area contributed by atoms with Gasteiger partial charge in [-0.3, -0.25) is 14.8 Å². The van der Waals surface area contributed by atoms with Crippen molar-refractivity contribution in [2.24, 2.45) is 4.99 Å². The van der Waals surface area contributed by atoms with Gasteiger partial charge in [-0.25, -0.2) is 23.8 Å². The molecule has 0 radical (unpaired) electrons. The van der Waals surface area contributed by atoms with Gasteiger partial charge in [-0.1, -0.05) is 29.8 Å². The molecule has 7 rings (SSSR count). The molecule has 12 nitrogen and oxygen atoms in total. The fourth-order valence-corrected chi connectivity index (χ4v) is 7.23. The average Bonchev–Trinajstić information content (AvgIpc) is 3.77. The minimum Gasteiger partial charge on any atom is -0.478 e. The predicted octanol–water partition coefficient (Wildman–Crippen LogP) is 5.57. The molecular weight excluding hydrogens is 687 g/mol. The van der Waals surface area contributed by atoms with Crippen LogP contribution in [0.4, 0.5) is 14.9 Å². The van der Waals surface area contributed by atoms with Crippen LogP contribution in [0.5, 0.6) is 11.5 Å². The number of esters is 1. The molecule has 2 amide bonds. The number of aromatic nitrogens is 1. The molecule has 15 heteroatoms. The number of carbonyl (C=O) groups excluding carboxylic acids is 2. The molecule has 1 aromatic heterocycles. The number of urea groups is 1. The highest BCUT2D eigenvalue weighted by Gasteiger charge is 2.42. The first-order valence-electron chi connectivity index (χ1n) is 15.6. The van der Waals surface area contributed by atoms with Crippen LogP contribution in [0.3, 0.4) is 0 Å². The van der Waals surface area contributed by atoms with E-state index < -0.39 is 23.8 Å². The van der Waals surface area contributed by atoms with E-state index >= 15 is 0 Å². The maximum atomic E-state index is 14.0. The van der Waals surface area contributed by atoms with E-state index in [4.69, 9.17) is 26.1 Å². The Balaban J connectivity index is 1.10. The molecule has 2 N–H and O–H groups in total. The van der Waals surface area contributed by atoms with Crippen molar-refractivity contribution in [3.8, 4) is 11.5 Å². The molecule has 3 aliphatic heterocycles. The van der Waals surface area contributed by atoms with Crippen LogP contribution in [-0.4, -0.2) is 89.6 Å². The third-order valence-electron chi connectivity index (χ3n) is 8.74. The third kappa shape index (κ3) is 6.52. The molecule has 2 atom stereocenters. The molecule has 2 fully saturated rings. The highest BCUT2D eigenvalue weighted by molar-refractivity contribution is 7.11. The second kappa shape index (κ2) is 13.9. The highest BCUT2D eigenvalue weighted by atomic mass is 35.5. The van der Waals surface area contributed by atoms with Gasteiger partial charge in [-0.15, -0.1) is 11.3 Å². The summed E-state index contributed by atoms with van der Waals surface area (Å²) in [5.74, 6) is -1.09. The van der Waals surface area contributed by atoms with Gasteiger partial charge in [0.05, 0.1) is 18.7 Å². The number of anilines is 1. The first-order chi connectivity index (χ1) is 24.2. The smallest absolute Gasteiger partial charge is 0.339 e. The summed E-state index contributed by atoms with van der Waals surface area (Å²) in [7, 11) is 1.29. The zero-order chi connectivity index (χ0) is 34.9. The lowest BCUT2D eigenvalue weighted by Gasteiger charge is -2.38. The summed E-state index contributed by atoms with van der Waals surface area (Å²) in [5.41, 5.74) is 1.99. The number of hydrogen-bond donors (Lipinski definition) is 2. The van der Waals surface area contributed by atoms with E-state index in [9.17, 15) is 23.9 Å². The molecule has 50 heavy (non-hydrogen) atoms. The number of aliphatic imine (C=N–C) groups is 1. The van der Waals surface area contributed by atoms with Gasteiger partial charge in [0.15, 0.2) is 10.8 Å². The number of benzene rings is 3. The van der Waals surface area contributed by atoms with Gasteiger partial charge in [0, 0.05) is 66.3 Å². The molecule has 256 valence electrons. The number of carbonyl (C=O) groups is 3. The number of aromatic carboxylic acids is 1. The molecule has 2 saturated heterocycles. The Morgan fingerprint density at radius 2 is 1.90 bits per heavy atom. The van der Waals surface area contributed by atoms with Gasteiger partial charge in [-0.05, 0) is 48.5 Å². The Morgan fingerprint density at radius 1 is 1.10 bits per heavy atom. The maximum absolute atomic E-state index is 14.0. The normalized spacial score (nSPS) is 19.2. The predicted molar refractivity (Wildman–Crippen MR) is 185 cm³/mol. The second-order valence-corrected chi connectivity index (χ2v) is 13.1. The Labute approximate surface area is 295 Å². The first-order valence-corrected chi connectivity index (χ1v) is 16.9. The maximum Gasteiger partial charge on any atom is 0.339 e. The fourth-order valence-electron chi connectivity index (χ4n) is 6.38. The summed E-state index contributed by atoms with van der Waals surface area (Å²) in [4.78, 5) is 53.4. The van der Waals surface area contributed by atoms with Crippen molar-refractivity contribution in [2.45, 2.75) is 12.1 Å². The van der Waals surface area contributed by atoms with Crippen molar-refractivity contribution in [3.05, 3.63) is 117 Å². The lowest BCUT2D eigenvalue weighted by atomic mass is 9.95. The topological polar surface area (TPSA) is 137 Å². The van der Waals surface area contributed by atoms with Crippen LogP contribution >= 0.6 is 22.9 Å². The largest absolute Gasteiger partial charge is 0.478 e. The molecule has 4 heterocycles. The number of piperazine rings is 1. The van der Waals surface area contributed by atoms with Crippen molar-refractivity contribution < 1.29 is 33.4 Å². The monoisotopic (exact) mass is 716 g/mol. The summed E-state index contributed by atoms with van der Waals surface area (Å²) < 4.78 is 25.1. The zero-order valence-electron chi connectivity index (χ0n) is 26.6. The van der Waals surface area contributed by atoms with E-state index in [1.54, 1.807) is 53.6 Å². The van der Waals surface area contributed by atoms with Gasteiger partial charge in [-0.2, -0.15) is 0 Å². The van der Waals surface area contributed by atoms with Crippen LogP contribution in [-0.2, 0) is 9.53 Å². The number of carboxylic acid groups (broad SMARTS) is 1. The molecule has 0 spiro atoms. The lowest BCUT2D eigenvalue weighted by molar-refractivity contribution is -0.136. The number of amides is 2. The Hall–Kier alpha value is -5.31. The van der Waals surface area contributed by atoms with E-state index in [1.807, 2.05) is 10.3 Å². The van der Waals surface area contributed by atoms with E-state index in [0.29, 0.717) is 66.3 Å². The molecule has 3 aliphatic rings. The van der Waals surface area contributed by atoms with Crippen LogP contribution in [0.25, 0.3) is 0 Å². The van der Waals surface area contributed by atoms with Gasteiger partial charge in [0.2, 0.25) is 0 Å². The van der Waals surface area contributed by atoms with Gasteiger partial charge >= 0.3 is 18.0 Å². The van der Waals surface area contributed by atoms with E-state index in [-0.39, 0.29) is 34.0 Å². The van der Waals surface area contributed by atoms with Gasteiger partial charge in [0.1, 0.15) is 28.9 Å². The van der Waals surface area contributed by atoms with Crippen LogP contribution in [0.1, 0.15) is 27.0 Å². The third-order valence-corrected chi connectivity index (χ3v) is 9.84. The lowest BCUT2D eigenvalue weighted by Crippen LogP contribution is -2.53. The van der Waals surface area contributed by atoms with Crippen LogP contribution < -0.4 is 15.0 Å². The molecule has 4 aromatic rings. The number of para-hydroxylation sites is 1. The summed E-state index contributed by atoms with van der Waals surface area (Å²) in [6.45, 7) is 2.28. The number of fused-ring (bicyclic) bond motifs is 1. The summed E-state index contributed by atoms with van der Waals surface area (Å²) in [5, 5.41) is 15.3. The number of carboxylic acids is 1. The highest BCUT2D eigenvalue weighted by Crippen LogP contribution is 2.37. The number of nitrogens with zero attached hydrogens (tertiary/aromatic N) is 5. The first kappa shape index (κ1) is 33.2. The standard InChI is InChI=1S/C35H30ClFN6O6S/c1-48-34(46)29-27(39-31(32-38-12-15-50-32)40-30(29)24-11-6-20(37)16-26(24)36)19-41-13-14-42-22(17-41)18-43(35(42)47)21-7-9-23(10-8-21)49-28-5-3-2-4-25(28)33(44)45/h2-12,15-16,22,30H,13-14,17-19H2,1H3,(H,39,40)(H,44,45)/t22-,30-/m0/s1. The number of amidine groups is 1. The second-order valence-electron chi connectivity index (χ2n) is 11.8. The minimum absolute atomic E-state index is 0.0482. The number of thiazole rings is 1. The Morgan fingerprint density at radius 3 is 2.62 bits per heavy atom. The van der Waals surface area contributed by atoms with Crippen molar-refractivity contribution in [3.63, 3.8) is 0 Å². The van der Waals surface area contributed by atoms with E-state index in [2.05, 4.69) is 15.2 Å². The molecule has 0 saturated carbocycles. The SMILES string of the molecule is COC(=O)C1=C(CN2CCN3C(=O)N(c4ccc(Oc5ccccc5C(=O)O)cc4)C[C@@H]3C2)NC(c2nccs2)=N[C@H]1c1ccc(F)cc1Cl. The Bertz CT molecular complexity index is 2020. The summed E-state index contributed by atoms with van der Waals surface area (Å²) in [6, 6.07) is 16.2. The fraction of sp³-hybridized carbons (Fsp3) is 0.229. The van der Waals surface area contributed by atoms with Crippen molar-refractivity contribution in [1.29, 1.82) is 0 Å². The zero-order valence-corrected chi connectivity index (χ0v) is 28.2.